The summed E-state index contributed by atoms with van der Waals surface area (Å²) in [5, 5.41) is 13.6. The number of nitrogens with zero attached hydrogens (tertiary/aromatic N) is 1. The molecule has 5 nitrogen and oxygen atoms in total. The molecule has 0 aliphatic rings. The molecule has 0 unspecified atom stereocenters. The van der Waals surface area contributed by atoms with Gasteiger partial charge in [-0.2, -0.15) is 5.10 Å². The van der Waals surface area contributed by atoms with E-state index in [9.17, 15) is 14.3 Å². The number of ether oxygens (including phenoxy) is 1. The van der Waals surface area contributed by atoms with E-state index in [2.05, 4.69) is 10.5 Å². The zero-order valence-corrected chi connectivity index (χ0v) is 12.0. The van der Waals surface area contributed by atoms with Gasteiger partial charge in [-0.1, -0.05) is 6.92 Å². The van der Waals surface area contributed by atoms with Crippen molar-refractivity contribution in [2.24, 2.45) is 5.10 Å². The first-order valence-corrected chi connectivity index (χ1v) is 6.27. The van der Waals surface area contributed by atoms with Crippen LogP contribution in [-0.2, 0) is 4.74 Å². The zero-order chi connectivity index (χ0) is 15.3. The third-order valence-electron chi connectivity index (χ3n) is 2.29. The maximum atomic E-state index is 13.2. The van der Waals surface area contributed by atoms with Crippen LogP contribution < -0.4 is 5.43 Å². The molecule has 0 spiro atoms. The number of carbonyl (C=O) groups is 1. The van der Waals surface area contributed by atoms with Gasteiger partial charge in [0.25, 0.3) is 0 Å². The van der Waals surface area contributed by atoms with Crippen molar-refractivity contribution < 1.29 is 19.0 Å². The smallest absolute Gasteiger partial charge is 0.428 e. The van der Waals surface area contributed by atoms with Crippen molar-refractivity contribution >= 4 is 11.8 Å². The number of hydrogen-bond acceptors (Lipinski definition) is 4. The van der Waals surface area contributed by atoms with E-state index in [1.54, 1.807) is 27.7 Å². The molecule has 0 fully saturated rings. The molecule has 0 saturated heterocycles. The molecule has 0 heterocycles. The number of phenolic OH excluding ortho intramolecular Hbond substituents is 1. The Morgan fingerprint density at radius 1 is 1.45 bits per heavy atom. The van der Waals surface area contributed by atoms with Crippen LogP contribution in [0.5, 0.6) is 5.75 Å². The molecule has 0 radical (unpaired) electrons. The summed E-state index contributed by atoms with van der Waals surface area (Å²) in [4.78, 5) is 11.5. The van der Waals surface area contributed by atoms with E-state index in [1.807, 2.05) is 0 Å². The van der Waals surface area contributed by atoms with E-state index in [-0.39, 0.29) is 11.3 Å². The first kappa shape index (κ1) is 15.9. The van der Waals surface area contributed by atoms with Crippen LogP contribution in [0.4, 0.5) is 9.18 Å². The Morgan fingerprint density at radius 2 is 2.10 bits per heavy atom. The molecule has 2 N–H and O–H groups in total. The monoisotopic (exact) mass is 282 g/mol. The lowest BCUT2D eigenvalue weighted by atomic mass is 10.1. The third kappa shape index (κ3) is 4.87. The molecule has 1 amide bonds. The van der Waals surface area contributed by atoms with Gasteiger partial charge in [0, 0.05) is 5.56 Å². The minimum atomic E-state index is -0.709. The van der Waals surface area contributed by atoms with Crippen LogP contribution in [0.15, 0.2) is 23.3 Å². The van der Waals surface area contributed by atoms with Gasteiger partial charge in [-0.15, -0.1) is 0 Å². The molecule has 110 valence electrons. The number of aromatic hydroxyl groups is 1. The Labute approximate surface area is 117 Å². The second-order valence-corrected chi connectivity index (χ2v) is 5.19. The van der Waals surface area contributed by atoms with E-state index >= 15 is 0 Å². The second-order valence-electron chi connectivity index (χ2n) is 5.19. The van der Waals surface area contributed by atoms with Crippen molar-refractivity contribution in [1.82, 2.24) is 5.43 Å². The lowest BCUT2D eigenvalue weighted by Crippen LogP contribution is -2.30. The number of hydrogen-bond donors (Lipinski definition) is 2. The van der Waals surface area contributed by atoms with Crippen LogP contribution in [0.3, 0.4) is 0 Å². The molecular formula is C14H19FN2O3. The normalized spacial score (nSPS) is 12.2. The summed E-state index contributed by atoms with van der Waals surface area (Å²) in [5.74, 6) is -0.589. The summed E-state index contributed by atoms with van der Waals surface area (Å²) >= 11 is 0. The molecule has 0 aliphatic heterocycles. The molecule has 0 aromatic heterocycles. The number of benzene rings is 1. The number of hydrazone groups is 1. The fraction of sp³-hybridized carbons (Fsp3) is 0.429. The summed E-state index contributed by atoms with van der Waals surface area (Å²) in [6, 6.07) is 3.55. The average molecular weight is 282 g/mol. The van der Waals surface area contributed by atoms with Gasteiger partial charge in [-0.05, 0) is 45.4 Å². The van der Waals surface area contributed by atoms with Crippen LogP contribution in [0.25, 0.3) is 0 Å². The summed E-state index contributed by atoms with van der Waals surface area (Å²) < 4.78 is 18.2. The van der Waals surface area contributed by atoms with Crippen molar-refractivity contribution in [1.29, 1.82) is 0 Å². The highest BCUT2D eigenvalue weighted by atomic mass is 19.1. The molecule has 20 heavy (non-hydrogen) atoms. The Morgan fingerprint density at radius 3 is 2.65 bits per heavy atom. The molecular weight excluding hydrogens is 263 g/mol. The van der Waals surface area contributed by atoms with Crippen LogP contribution in [0.1, 0.15) is 39.7 Å². The Bertz CT molecular complexity index is 522. The van der Waals surface area contributed by atoms with Crippen LogP contribution in [0, 0.1) is 5.82 Å². The Hall–Kier alpha value is -2.11. The van der Waals surface area contributed by atoms with Gasteiger partial charge in [0.1, 0.15) is 17.2 Å². The van der Waals surface area contributed by atoms with E-state index in [0.717, 1.165) is 12.1 Å². The van der Waals surface area contributed by atoms with Gasteiger partial charge in [0.2, 0.25) is 0 Å². The highest BCUT2D eigenvalue weighted by Gasteiger charge is 2.16. The second kappa shape index (κ2) is 6.36. The first-order valence-electron chi connectivity index (χ1n) is 6.27. The van der Waals surface area contributed by atoms with Gasteiger partial charge in [-0.3, -0.25) is 0 Å². The maximum absolute atomic E-state index is 13.2. The number of rotatable bonds is 3. The van der Waals surface area contributed by atoms with Crippen molar-refractivity contribution in [3.63, 3.8) is 0 Å². The van der Waals surface area contributed by atoms with E-state index in [1.165, 1.54) is 6.07 Å². The molecule has 1 rings (SSSR count). The number of carbonyl (C=O) groups excluding carboxylic acids is 1. The molecule has 1 aromatic rings. The fourth-order valence-corrected chi connectivity index (χ4v) is 1.48. The van der Waals surface area contributed by atoms with E-state index in [4.69, 9.17) is 4.74 Å². The minimum Gasteiger partial charge on any atom is -0.507 e. The van der Waals surface area contributed by atoms with Gasteiger partial charge in [-0.25, -0.2) is 14.6 Å². The van der Waals surface area contributed by atoms with Crippen molar-refractivity contribution in [3.05, 3.63) is 29.6 Å². The van der Waals surface area contributed by atoms with Crippen LogP contribution in [0.2, 0.25) is 0 Å². The van der Waals surface area contributed by atoms with Crippen molar-refractivity contribution in [2.45, 2.75) is 39.7 Å². The number of phenols is 1. The van der Waals surface area contributed by atoms with Crippen molar-refractivity contribution in [3.8, 4) is 5.75 Å². The van der Waals surface area contributed by atoms with Gasteiger partial charge in [0.15, 0.2) is 0 Å². The molecule has 0 saturated carbocycles. The maximum Gasteiger partial charge on any atom is 0.428 e. The molecule has 0 atom stereocenters. The van der Waals surface area contributed by atoms with Crippen LogP contribution in [-0.4, -0.2) is 22.5 Å². The van der Waals surface area contributed by atoms with E-state index < -0.39 is 17.5 Å². The summed E-state index contributed by atoms with van der Waals surface area (Å²) in [5.41, 5.74) is 2.19. The minimum absolute atomic E-state index is 0.0991. The fourth-order valence-electron chi connectivity index (χ4n) is 1.48. The number of nitrogens with one attached hydrogen (secondary N) is 1. The SMILES string of the molecule is CCC(=NNC(=O)OC(C)(C)C)c1cc(F)ccc1O. The van der Waals surface area contributed by atoms with Gasteiger partial charge in [0.05, 0.1) is 5.71 Å². The first-order chi connectivity index (χ1) is 9.23. The topological polar surface area (TPSA) is 70.9 Å². The molecule has 6 heteroatoms. The Kier molecular flexibility index (Phi) is 5.07. The number of halogens is 1. The predicted molar refractivity (Wildman–Crippen MR) is 74.3 cm³/mol. The molecule has 0 aliphatic carbocycles. The van der Waals surface area contributed by atoms with E-state index in [0.29, 0.717) is 12.1 Å². The average Bonchev–Trinajstić information content (AvgIpc) is 2.32. The zero-order valence-electron chi connectivity index (χ0n) is 12.0. The lowest BCUT2D eigenvalue weighted by molar-refractivity contribution is 0.0529. The Balaban J connectivity index is 2.88. The highest BCUT2D eigenvalue weighted by Crippen LogP contribution is 2.20. The quantitative estimate of drug-likeness (QED) is 0.660. The predicted octanol–water partition coefficient (Wildman–Crippen LogP) is 3.17. The van der Waals surface area contributed by atoms with Gasteiger partial charge < -0.3 is 9.84 Å². The van der Waals surface area contributed by atoms with Crippen molar-refractivity contribution in [2.75, 3.05) is 0 Å². The van der Waals surface area contributed by atoms with Gasteiger partial charge >= 0.3 is 6.09 Å². The summed E-state index contributed by atoms with van der Waals surface area (Å²) in [7, 11) is 0. The molecule has 0 bridgehead atoms. The summed E-state index contributed by atoms with van der Waals surface area (Å²) in [6.45, 7) is 6.97. The third-order valence-corrected chi connectivity index (χ3v) is 2.29. The molecule has 1 aromatic carbocycles. The van der Waals surface area contributed by atoms with Crippen LogP contribution >= 0.6 is 0 Å². The number of amides is 1. The highest BCUT2D eigenvalue weighted by molar-refractivity contribution is 6.02. The lowest BCUT2D eigenvalue weighted by Gasteiger charge is -2.18. The largest absolute Gasteiger partial charge is 0.507 e. The standard InChI is InChI=1S/C14H19FN2O3/c1-5-11(10-8-9(15)6-7-12(10)18)16-17-13(19)20-14(2,3)4/h6-8,18H,5H2,1-4H3,(H,17,19). The summed E-state index contributed by atoms with van der Waals surface area (Å²) in [6.07, 6.45) is -0.299.